The number of aryl methyl sites for hydroxylation is 1. The number of fused-ring (bicyclic) bond motifs is 1. The first-order valence-electron chi connectivity index (χ1n) is 10.6. The highest BCUT2D eigenvalue weighted by molar-refractivity contribution is 6.30. The van der Waals surface area contributed by atoms with Crippen LogP contribution in [0.15, 0.2) is 42.9 Å². The molecular formula is C23H20ClF3N6O. The highest BCUT2D eigenvalue weighted by atomic mass is 35.5. The molecule has 4 aromatic rings. The van der Waals surface area contributed by atoms with E-state index in [0.717, 1.165) is 11.8 Å². The minimum Gasteiger partial charge on any atom is -0.479 e. The Kier molecular flexibility index (Phi) is 5.55. The van der Waals surface area contributed by atoms with E-state index in [1.165, 1.54) is 19.2 Å². The zero-order valence-corrected chi connectivity index (χ0v) is 19.1. The molecule has 0 radical (unpaired) electrons. The van der Waals surface area contributed by atoms with Gasteiger partial charge in [0.2, 0.25) is 5.88 Å². The molecule has 1 atom stereocenters. The number of imidazole rings is 1. The Bertz CT molecular complexity index is 1360. The van der Waals surface area contributed by atoms with Crippen LogP contribution in [0.25, 0.3) is 17.2 Å². The fourth-order valence-corrected chi connectivity index (χ4v) is 4.57. The third kappa shape index (κ3) is 3.91. The van der Waals surface area contributed by atoms with Gasteiger partial charge in [-0.05, 0) is 49.6 Å². The molecule has 5 rings (SSSR count). The van der Waals surface area contributed by atoms with Crippen LogP contribution in [-0.2, 0) is 12.7 Å². The van der Waals surface area contributed by atoms with E-state index in [-0.39, 0.29) is 10.6 Å². The average Bonchev–Trinajstić information content (AvgIpc) is 3.44. The van der Waals surface area contributed by atoms with Crippen LogP contribution in [0.1, 0.15) is 41.4 Å². The summed E-state index contributed by atoms with van der Waals surface area (Å²) in [6.07, 6.45) is 0.196. The van der Waals surface area contributed by atoms with Gasteiger partial charge in [0.1, 0.15) is 17.2 Å². The van der Waals surface area contributed by atoms with Gasteiger partial charge in [-0.15, -0.1) is 10.2 Å². The fraction of sp³-hybridized carbons (Fsp3) is 0.304. The number of halogens is 4. The molecular weight excluding hydrogens is 469 g/mol. The normalized spacial score (nSPS) is 15.9. The number of aromatic nitrogens is 6. The molecule has 0 spiro atoms. The number of pyridine rings is 1. The molecule has 4 heterocycles. The third-order valence-electron chi connectivity index (χ3n) is 5.91. The number of methoxy groups -OCH3 is 1. The highest BCUT2D eigenvalue weighted by Crippen LogP contribution is 2.42. The van der Waals surface area contributed by atoms with Crippen LogP contribution in [0.3, 0.4) is 0 Å². The maximum atomic E-state index is 13.8. The van der Waals surface area contributed by atoms with E-state index in [4.69, 9.17) is 16.3 Å². The van der Waals surface area contributed by atoms with Gasteiger partial charge < -0.3 is 13.9 Å². The zero-order valence-electron chi connectivity index (χ0n) is 18.3. The van der Waals surface area contributed by atoms with Crippen LogP contribution in [-0.4, -0.2) is 36.4 Å². The Morgan fingerprint density at radius 2 is 1.97 bits per heavy atom. The van der Waals surface area contributed by atoms with E-state index in [2.05, 4.69) is 20.2 Å². The van der Waals surface area contributed by atoms with Crippen molar-refractivity contribution in [3.05, 3.63) is 70.5 Å². The van der Waals surface area contributed by atoms with Crippen molar-refractivity contribution >= 4 is 11.6 Å². The van der Waals surface area contributed by atoms with Gasteiger partial charge in [-0.1, -0.05) is 17.7 Å². The number of benzene rings is 1. The summed E-state index contributed by atoms with van der Waals surface area (Å²) in [5, 5.41) is 8.64. The van der Waals surface area contributed by atoms with Crippen molar-refractivity contribution in [1.82, 2.24) is 29.3 Å². The number of rotatable bonds is 4. The monoisotopic (exact) mass is 488 g/mol. The smallest absolute Gasteiger partial charge is 0.416 e. The van der Waals surface area contributed by atoms with Gasteiger partial charge in [0.05, 0.1) is 24.7 Å². The molecule has 0 bridgehead atoms. The lowest BCUT2D eigenvalue weighted by molar-refractivity contribution is -0.138. The van der Waals surface area contributed by atoms with Crippen molar-refractivity contribution in [2.24, 2.45) is 0 Å². The average molecular weight is 489 g/mol. The molecule has 0 saturated heterocycles. The van der Waals surface area contributed by atoms with Gasteiger partial charge in [-0.25, -0.2) is 9.97 Å². The number of alkyl halides is 3. The second-order valence-electron chi connectivity index (χ2n) is 8.10. The number of hydrogen-bond donors (Lipinski definition) is 0. The first-order chi connectivity index (χ1) is 16.3. The molecule has 1 aromatic carbocycles. The predicted octanol–water partition coefficient (Wildman–Crippen LogP) is 5.44. The molecule has 0 aliphatic carbocycles. The summed E-state index contributed by atoms with van der Waals surface area (Å²) in [7, 11) is 1.52. The number of hydrogen-bond acceptors (Lipinski definition) is 5. The highest BCUT2D eigenvalue weighted by Gasteiger charge is 2.38. The Balaban J connectivity index is 1.57. The van der Waals surface area contributed by atoms with Crippen LogP contribution in [0, 0.1) is 6.92 Å². The minimum absolute atomic E-state index is 0.0403. The van der Waals surface area contributed by atoms with Gasteiger partial charge in [-0.3, -0.25) is 0 Å². The summed E-state index contributed by atoms with van der Waals surface area (Å²) in [5.41, 5.74) is 1.48. The summed E-state index contributed by atoms with van der Waals surface area (Å²) in [5.74, 6) is 0.772. The van der Waals surface area contributed by atoms with E-state index in [0.29, 0.717) is 48.3 Å². The molecule has 1 aliphatic rings. The van der Waals surface area contributed by atoms with Gasteiger partial charge in [0, 0.05) is 23.7 Å². The number of nitrogens with zero attached hydrogens (tertiary/aromatic N) is 6. The Labute approximate surface area is 198 Å². The van der Waals surface area contributed by atoms with Crippen LogP contribution in [0.5, 0.6) is 5.88 Å². The summed E-state index contributed by atoms with van der Waals surface area (Å²) in [6.45, 7) is 2.46. The van der Waals surface area contributed by atoms with Crippen molar-refractivity contribution in [3.8, 4) is 23.1 Å². The van der Waals surface area contributed by atoms with Gasteiger partial charge in [0.15, 0.2) is 5.82 Å². The lowest BCUT2D eigenvalue weighted by Gasteiger charge is -2.26. The Hall–Kier alpha value is -3.40. The molecule has 0 N–H and O–H groups in total. The molecule has 0 fully saturated rings. The van der Waals surface area contributed by atoms with Crippen LogP contribution < -0.4 is 4.74 Å². The van der Waals surface area contributed by atoms with Crippen molar-refractivity contribution in [2.45, 2.75) is 38.4 Å². The largest absolute Gasteiger partial charge is 0.479 e. The van der Waals surface area contributed by atoms with E-state index in [1.54, 1.807) is 17.0 Å². The van der Waals surface area contributed by atoms with Gasteiger partial charge >= 0.3 is 6.18 Å². The van der Waals surface area contributed by atoms with E-state index in [1.807, 2.05) is 23.8 Å². The lowest BCUT2D eigenvalue weighted by Crippen LogP contribution is -2.21. The molecule has 11 heteroatoms. The molecule has 176 valence electrons. The van der Waals surface area contributed by atoms with Crippen molar-refractivity contribution in [3.63, 3.8) is 0 Å². The first-order valence-corrected chi connectivity index (χ1v) is 11.0. The van der Waals surface area contributed by atoms with Crippen LogP contribution in [0.4, 0.5) is 13.2 Å². The molecule has 1 unspecified atom stereocenters. The van der Waals surface area contributed by atoms with Crippen molar-refractivity contribution < 1.29 is 17.9 Å². The topological polar surface area (TPSA) is 70.7 Å². The first kappa shape index (κ1) is 22.4. The standard InChI is InChI=1S/C23H20ClF3N6O/c1-13-11-32(12-28-13)19-8-7-18(29-22(19)34-2)21-31-30-20-16(4-3-9-33(20)21)15-6-5-14(24)10-17(15)23(25,26)27/h5-8,10-12,16H,3-4,9H2,1-2H3. The SMILES string of the molecule is COc1nc(-c2nnc3n2CCCC3c2ccc(Cl)cc2C(F)(F)F)ccc1-n1cnc(C)c1. The van der Waals surface area contributed by atoms with Gasteiger partial charge in [-0.2, -0.15) is 13.2 Å². The number of ether oxygens (including phenoxy) is 1. The quantitative estimate of drug-likeness (QED) is 0.382. The molecule has 34 heavy (non-hydrogen) atoms. The lowest BCUT2D eigenvalue weighted by atomic mass is 9.87. The summed E-state index contributed by atoms with van der Waals surface area (Å²) in [4.78, 5) is 8.83. The van der Waals surface area contributed by atoms with Crippen LogP contribution in [0.2, 0.25) is 5.02 Å². The van der Waals surface area contributed by atoms with Crippen molar-refractivity contribution in [1.29, 1.82) is 0 Å². The second kappa shape index (κ2) is 8.43. The summed E-state index contributed by atoms with van der Waals surface area (Å²) in [6, 6.07) is 7.51. The Morgan fingerprint density at radius 1 is 1.15 bits per heavy atom. The maximum Gasteiger partial charge on any atom is 0.416 e. The van der Waals surface area contributed by atoms with Crippen molar-refractivity contribution in [2.75, 3.05) is 7.11 Å². The molecule has 0 saturated carbocycles. The fourth-order valence-electron chi connectivity index (χ4n) is 4.40. The molecule has 7 nitrogen and oxygen atoms in total. The van der Waals surface area contributed by atoms with E-state index in [9.17, 15) is 13.2 Å². The van der Waals surface area contributed by atoms with Gasteiger partial charge in [0.25, 0.3) is 0 Å². The second-order valence-corrected chi connectivity index (χ2v) is 8.54. The zero-order chi connectivity index (χ0) is 24.0. The van der Waals surface area contributed by atoms with E-state index < -0.39 is 17.7 Å². The third-order valence-corrected chi connectivity index (χ3v) is 6.15. The van der Waals surface area contributed by atoms with Crippen LogP contribution >= 0.6 is 11.6 Å². The molecule has 3 aromatic heterocycles. The van der Waals surface area contributed by atoms with E-state index >= 15 is 0 Å². The molecule has 0 amide bonds. The predicted molar refractivity (Wildman–Crippen MR) is 119 cm³/mol. The Morgan fingerprint density at radius 3 is 2.68 bits per heavy atom. The molecule has 1 aliphatic heterocycles. The minimum atomic E-state index is -4.53. The summed E-state index contributed by atoms with van der Waals surface area (Å²) < 4.78 is 50.4. The summed E-state index contributed by atoms with van der Waals surface area (Å²) >= 11 is 5.87. The maximum absolute atomic E-state index is 13.8.